The lowest BCUT2D eigenvalue weighted by Crippen LogP contribution is -2.42. The first-order chi connectivity index (χ1) is 15.5. The van der Waals surface area contributed by atoms with Crippen molar-refractivity contribution in [2.45, 2.75) is 6.42 Å². The van der Waals surface area contributed by atoms with E-state index in [9.17, 15) is 19.2 Å². The first kappa shape index (κ1) is 20.9. The van der Waals surface area contributed by atoms with E-state index in [-0.39, 0.29) is 43.0 Å². The number of hydrogen-bond acceptors (Lipinski definition) is 5. The fraction of sp³-hybridized carbons (Fsp3) is 0.130. The molecule has 0 unspecified atom stereocenters. The zero-order valence-corrected chi connectivity index (χ0v) is 17.0. The number of para-hydroxylation sites is 2. The number of rotatable bonds is 6. The molecule has 9 heteroatoms. The number of nitrogens with one attached hydrogen (secondary N) is 3. The number of anilines is 3. The van der Waals surface area contributed by atoms with Gasteiger partial charge in [-0.1, -0.05) is 12.1 Å². The Morgan fingerprint density at radius 2 is 1.78 bits per heavy atom. The van der Waals surface area contributed by atoms with Crippen molar-refractivity contribution < 1.29 is 23.6 Å². The van der Waals surface area contributed by atoms with Gasteiger partial charge in [0.25, 0.3) is 11.8 Å². The number of amides is 4. The van der Waals surface area contributed by atoms with Crippen molar-refractivity contribution in [3.63, 3.8) is 0 Å². The molecule has 0 fully saturated rings. The number of hydrogen-bond donors (Lipinski definition) is 3. The quantitative estimate of drug-likeness (QED) is 0.553. The van der Waals surface area contributed by atoms with E-state index in [0.717, 1.165) is 0 Å². The molecule has 0 spiro atoms. The van der Waals surface area contributed by atoms with Crippen molar-refractivity contribution in [1.82, 2.24) is 5.32 Å². The van der Waals surface area contributed by atoms with Crippen molar-refractivity contribution >= 4 is 40.7 Å². The molecule has 32 heavy (non-hydrogen) atoms. The minimum Gasteiger partial charge on any atom is -0.459 e. The van der Waals surface area contributed by atoms with Gasteiger partial charge in [-0.05, 0) is 48.5 Å². The molecule has 4 rings (SSSR count). The van der Waals surface area contributed by atoms with Gasteiger partial charge < -0.3 is 20.4 Å². The Balaban J connectivity index is 1.33. The van der Waals surface area contributed by atoms with Gasteiger partial charge in [0.1, 0.15) is 6.54 Å². The van der Waals surface area contributed by atoms with Crippen LogP contribution in [0.25, 0.3) is 0 Å². The van der Waals surface area contributed by atoms with Crippen molar-refractivity contribution in [3.8, 4) is 0 Å². The van der Waals surface area contributed by atoms with E-state index in [1.807, 2.05) is 0 Å². The maximum absolute atomic E-state index is 13.0. The van der Waals surface area contributed by atoms with Gasteiger partial charge in [0, 0.05) is 24.2 Å². The molecule has 0 radical (unpaired) electrons. The van der Waals surface area contributed by atoms with Crippen molar-refractivity contribution in [1.29, 1.82) is 0 Å². The SMILES string of the molecule is O=C(CCNC(=O)c1ccco1)Nc1ccc(C(=O)N2CC(=O)Nc3ccccc32)cc1. The number of carbonyl (C=O) groups excluding carboxylic acids is 4. The Hall–Kier alpha value is -4.40. The Morgan fingerprint density at radius 1 is 1.00 bits per heavy atom. The van der Waals surface area contributed by atoms with Crippen LogP contribution in [0.3, 0.4) is 0 Å². The van der Waals surface area contributed by atoms with E-state index in [4.69, 9.17) is 4.42 Å². The summed E-state index contributed by atoms with van der Waals surface area (Å²) in [7, 11) is 0. The van der Waals surface area contributed by atoms with E-state index in [1.54, 1.807) is 54.6 Å². The maximum atomic E-state index is 13.0. The average Bonchev–Trinajstić information content (AvgIpc) is 3.33. The lowest BCUT2D eigenvalue weighted by Gasteiger charge is -2.29. The van der Waals surface area contributed by atoms with Crippen molar-refractivity contribution in [2.24, 2.45) is 0 Å². The number of benzene rings is 2. The number of carbonyl (C=O) groups is 4. The molecule has 162 valence electrons. The molecule has 0 saturated carbocycles. The van der Waals surface area contributed by atoms with Crippen LogP contribution in [0.15, 0.2) is 71.3 Å². The summed E-state index contributed by atoms with van der Waals surface area (Å²) in [5.74, 6) is -1.07. The molecule has 1 aliphatic heterocycles. The Morgan fingerprint density at radius 3 is 2.53 bits per heavy atom. The third-order valence-electron chi connectivity index (χ3n) is 4.81. The predicted molar refractivity (Wildman–Crippen MR) is 117 cm³/mol. The smallest absolute Gasteiger partial charge is 0.286 e. The van der Waals surface area contributed by atoms with Crippen molar-refractivity contribution in [3.05, 3.63) is 78.3 Å². The van der Waals surface area contributed by atoms with Crippen LogP contribution in [-0.2, 0) is 9.59 Å². The highest BCUT2D eigenvalue weighted by Crippen LogP contribution is 2.30. The summed E-state index contributed by atoms with van der Waals surface area (Å²) in [6, 6.07) is 16.6. The Labute approximate surface area is 183 Å². The second kappa shape index (κ2) is 9.17. The van der Waals surface area contributed by atoms with Crippen molar-refractivity contribution in [2.75, 3.05) is 28.6 Å². The fourth-order valence-electron chi connectivity index (χ4n) is 3.27. The van der Waals surface area contributed by atoms with E-state index in [1.165, 1.54) is 17.2 Å². The monoisotopic (exact) mass is 432 g/mol. The van der Waals surface area contributed by atoms with Gasteiger partial charge in [0.2, 0.25) is 11.8 Å². The Kier molecular flexibility index (Phi) is 5.98. The van der Waals surface area contributed by atoms with Gasteiger partial charge in [-0.3, -0.25) is 24.1 Å². The predicted octanol–water partition coefficient (Wildman–Crippen LogP) is 2.64. The second-order valence-electron chi connectivity index (χ2n) is 7.07. The molecule has 9 nitrogen and oxygen atoms in total. The van der Waals surface area contributed by atoms with Gasteiger partial charge in [-0.25, -0.2) is 0 Å². The van der Waals surface area contributed by atoms with E-state index >= 15 is 0 Å². The van der Waals surface area contributed by atoms with E-state index in [2.05, 4.69) is 16.0 Å². The molecule has 2 aromatic carbocycles. The van der Waals surface area contributed by atoms with Gasteiger partial charge >= 0.3 is 0 Å². The summed E-state index contributed by atoms with van der Waals surface area (Å²) in [4.78, 5) is 50.2. The standard InChI is InChI=1S/C23H20N4O5/c28-20(11-12-24-22(30)19-6-3-13-32-19)25-16-9-7-15(8-10-16)23(31)27-14-21(29)26-17-4-1-2-5-18(17)27/h1-10,13H,11-12,14H2,(H,24,30)(H,25,28)(H,26,29). The average molecular weight is 432 g/mol. The third-order valence-corrected chi connectivity index (χ3v) is 4.81. The summed E-state index contributed by atoms with van der Waals surface area (Å²) >= 11 is 0. The topological polar surface area (TPSA) is 121 Å². The summed E-state index contributed by atoms with van der Waals surface area (Å²) in [6.07, 6.45) is 1.47. The van der Waals surface area contributed by atoms with Crippen LogP contribution >= 0.6 is 0 Å². The first-order valence-corrected chi connectivity index (χ1v) is 9.93. The molecular weight excluding hydrogens is 412 g/mol. The molecule has 3 aromatic rings. The summed E-state index contributed by atoms with van der Waals surface area (Å²) < 4.78 is 4.98. The largest absolute Gasteiger partial charge is 0.459 e. The number of nitrogens with zero attached hydrogens (tertiary/aromatic N) is 1. The summed E-state index contributed by atoms with van der Waals surface area (Å²) in [5.41, 5.74) is 2.12. The molecule has 3 N–H and O–H groups in total. The Bertz CT molecular complexity index is 1160. The molecule has 0 atom stereocenters. The summed E-state index contributed by atoms with van der Waals surface area (Å²) in [6.45, 7) is 0.0798. The maximum Gasteiger partial charge on any atom is 0.286 e. The lowest BCUT2D eigenvalue weighted by atomic mass is 10.1. The molecule has 2 heterocycles. The van der Waals surface area contributed by atoms with Crippen LogP contribution in [0, 0.1) is 0 Å². The van der Waals surface area contributed by atoms with Crippen LogP contribution in [0.5, 0.6) is 0 Å². The zero-order chi connectivity index (χ0) is 22.5. The van der Waals surface area contributed by atoms with Gasteiger partial charge in [0.05, 0.1) is 17.6 Å². The molecule has 4 amide bonds. The number of furan rings is 1. The fourth-order valence-corrected chi connectivity index (χ4v) is 3.27. The highest BCUT2D eigenvalue weighted by molar-refractivity contribution is 6.15. The molecule has 0 bridgehead atoms. The highest BCUT2D eigenvalue weighted by atomic mass is 16.3. The number of fused-ring (bicyclic) bond motifs is 1. The van der Waals surface area contributed by atoms with Gasteiger partial charge in [-0.15, -0.1) is 0 Å². The van der Waals surface area contributed by atoms with Crippen LogP contribution < -0.4 is 20.9 Å². The molecule has 1 aromatic heterocycles. The normalized spacial score (nSPS) is 12.5. The van der Waals surface area contributed by atoms with E-state index in [0.29, 0.717) is 22.6 Å². The molecule has 0 aliphatic carbocycles. The summed E-state index contributed by atoms with van der Waals surface area (Å²) in [5, 5.41) is 8.06. The van der Waals surface area contributed by atoms with Crippen LogP contribution in [-0.4, -0.2) is 36.7 Å². The van der Waals surface area contributed by atoms with Crippen LogP contribution in [0.2, 0.25) is 0 Å². The van der Waals surface area contributed by atoms with E-state index < -0.39 is 5.91 Å². The third kappa shape index (κ3) is 4.67. The minimum atomic E-state index is -0.390. The van der Waals surface area contributed by atoms with Gasteiger partial charge in [0.15, 0.2) is 5.76 Å². The molecule has 0 saturated heterocycles. The van der Waals surface area contributed by atoms with Gasteiger partial charge in [-0.2, -0.15) is 0 Å². The first-order valence-electron chi connectivity index (χ1n) is 9.93. The molecular formula is C23H20N4O5. The lowest BCUT2D eigenvalue weighted by molar-refractivity contribution is -0.116. The highest BCUT2D eigenvalue weighted by Gasteiger charge is 2.27. The zero-order valence-electron chi connectivity index (χ0n) is 17.0. The second-order valence-corrected chi connectivity index (χ2v) is 7.07. The van der Waals surface area contributed by atoms with Crippen LogP contribution in [0.4, 0.5) is 17.1 Å². The minimum absolute atomic E-state index is 0.0714. The molecule has 1 aliphatic rings. The van der Waals surface area contributed by atoms with Crippen LogP contribution in [0.1, 0.15) is 27.3 Å².